The van der Waals surface area contributed by atoms with Gasteiger partial charge in [-0.3, -0.25) is 4.79 Å². The Labute approximate surface area is 129 Å². The lowest BCUT2D eigenvalue weighted by Crippen LogP contribution is -2.32. The van der Waals surface area contributed by atoms with Crippen LogP contribution in [0, 0.1) is 24.4 Å². The molecule has 0 saturated heterocycles. The van der Waals surface area contributed by atoms with Crippen molar-refractivity contribution in [3.05, 3.63) is 65.0 Å². The van der Waals surface area contributed by atoms with Crippen LogP contribution in [0.5, 0.6) is 5.75 Å². The highest BCUT2D eigenvalue weighted by Crippen LogP contribution is 2.15. The average molecular weight is 323 g/mol. The van der Waals surface area contributed by atoms with Crippen LogP contribution in [0.1, 0.15) is 15.9 Å². The number of aryl methyl sites for hydroxylation is 1. The lowest BCUT2D eigenvalue weighted by atomic mass is 10.2. The minimum atomic E-state index is -1.75. The Morgan fingerprint density at radius 1 is 1.00 bits per heavy atom. The molecule has 2 aromatic rings. The molecule has 0 unspecified atom stereocenters. The second-order valence-electron chi connectivity index (χ2n) is 4.69. The summed E-state index contributed by atoms with van der Waals surface area (Å²) in [4.78, 5) is 23.3. The van der Waals surface area contributed by atoms with Gasteiger partial charge >= 0.3 is 5.97 Å². The predicted molar refractivity (Wildman–Crippen MR) is 75.5 cm³/mol. The maximum Gasteiger partial charge on any atom is 0.330 e. The fourth-order valence-corrected chi connectivity index (χ4v) is 1.72. The average Bonchev–Trinajstić information content (AvgIpc) is 2.53. The summed E-state index contributed by atoms with van der Waals surface area (Å²) in [5, 5.41) is 2.08. The van der Waals surface area contributed by atoms with Gasteiger partial charge in [-0.15, -0.1) is 0 Å². The predicted octanol–water partition coefficient (Wildman–Crippen LogP) is 2.75. The van der Waals surface area contributed by atoms with Gasteiger partial charge in [-0.1, -0.05) is 17.7 Å². The molecular formula is C16H12F3NO3. The van der Waals surface area contributed by atoms with Crippen molar-refractivity contribution in [2.45, 2.75) is 6.92 Å². The first kappa shape index (κ1) is 16.5. The van der Waals surface area contributed by atoms with Gasteiger partial charge in [0.1, 0.15) is 12.3 Å². The van der Waals surface area contributed by atoms with Gasteiger partial charge in [0.15, 0.2) is 17.5 Å². The van der Waals surface area contributed by atoms with Crippen LogP contribution in [0.4, 0.5) is 13.2 Å². The lowest BCUT2D eigenvalue weighted by Gasteiger charge is -2.07. The monoisotopic (exact) mass is 323 g/mol. The van der Waals surface area contributed by atoms with Gasteiger partial charge in [-0.2, -0.15) is 0 Å². The number of ether oxygens (including phenoxy) is 1. The second-order valence-corrected chi connectivity index (χ2v) is 4.69. The van der Waals surface area contributed by atoms with Crippen molar-refractivity contribution in [1.29, 1.82) is 0 Å². The number of benzene rings is 2. The number of rotatable bonds is 4. The molecule has 2 aromatic carbocycles. The van der Waals surface area contributed by atoms with Crippen LogP contribution in [0.15, 0.2) is 36.4 Å². The van der Waals surface area contributed by atoms with Crippen molar-refractivity contribution in [1.82, 2.24) is 5.32 Å². The van der Waals surface area contributed by atoms with Crippen LogP contribution in [0.2, 0.25) is 0 Å². The molecule has 0 aliphatic carbocycles. The molecule has 7 heteroatoms. The van der Waals surface area contributed by atoms with Crippen LogP contribution < -0.4 is 10.1 Å². The molecule has 23 heavy (non-hydrogen) atoms. The highest BCUT2D eigenvalue weighted by atomic mass is 19.2. The zero-order chi connectivity index (χ0) is 17.0. The van der Waals surface area contributed by atoms with E-state index in [-0.39, 0.29) is 5.75 Å². The molecule has 0 heterocycles. The first-order chi connectivity index (χ1) is 10.9. The third-order valence-electron chi connectivity index (χ3n) is 2.93. The van der Waals surface area contributed by atoms with Crippen LogP contribution in [0.25, 0.3) is 0 Å². The van der Waals surface area contributed by atoms with Crippen molar-refractivity contribution < 1.29 is 27.5 Å². The fourth-order valence-electron chi connectivity index (χ4n) is 1.72. The maximum absolute atomic E-state index is 13.4. The van der Waals surface area contributed by atoms with Gasteiger partial charge in [0.2, 0.25) is 0 Å². The molecule has 0 atom stereocenters. The van der Waals surface area contributed by atoms with Gasteiger partial charge < -0.3 is 10.1 Å². The summed E-state index contributed by atoms with van der Waals surface area (Å²) in [6.45, 7) is 1.31. The van der Waals surface area contributed by atoms with Gasteiger partial charge in [0.25, 0.3) is 5.91 Å². The Balaban J connectivity index is 1.95. The van der Waals surface area contributed by atoms with Gasteiger partial charge in [0.05, 0.1) is 5.56 Å². The van der Waals surface area contributed by atoms with E-state index in [0.29, 0.717) is 6.07 Å². The van der Waals surface area contributed by atoms with Crippen LogP contribution in [0.3, 0.4) is 0 Å². The van der Waals surface area contributed by atoms with Crippen molar-refractivity contribution in [2.75, 3.05) is 6.54 Å². The first-order valence-electron chi connectivity index (χ1n) is 6.57. The quantitative estimate of drug-likeness (QED) is 0.535. The molecular weight excluding hydrogens is 311 g/mol. The highest BCUT2D eigenvalue weighted by Gasteiger charge is 2.19. The van der Waals surface area contributed by atoms with E-state index in [0.717, 1.165) is 11.6 Å². The SMILES string of the molecule is Cc1ccc(OC(=O)CNC(=O)c2ccc(F)c(F)c2F)cc1. The second kappa shape index (κ2) is 6.95. The molecule has 0 fully saturated rings. The Hall–Kier alpha value is -2.83. The van der Waals surface area contributed by atoms with Crippen molar-refractivity contribution in [2.24, 2.45) is 0 Å². The van der Waals surface area contributed by atoms with Gasteiger partial charge in [0, 0.05) is 0 Å². The number of hydrogen-bond acceptors (Lipinski definition) is 3. The number of esters is 1. The topological polar surface area (TPSA) is 55.4 Å². The van der Waals surface area contributed by atoms with E-state index < -0.39 is 41.4 Å². The summed E-state index contributed by atoms with van der Waals surface area (Å²) in [5.41, 5.74) is 0.277. The van der Waals surface area contributed by atoms with Crippen molar-refractivity contribution >= 4 is 11.9 Å². The molecule has 0 aliphatic rings. The summed E-state index contributed by atoms with van der Waals surface area (Å²) in [6, 6.07) is 8.02. The van der Waals surface area contributed by atoms with Gasteiger partial charge in [-0.25, -0.2) is 18.0 Å². The largest absolute Gasteiger partial charge is 0.425 e. The number of carbonyl (C=O) groups is 2. The summed E-state index contributed by atoms with van der Waals surface area (Å²) >= 11 is 0. The molecule has 0 radical (unpaired) electrons. The van der Waals surface area contributed by atoms with E-state index in [9.17, 15) is 22.8 Å². The zero-order valence-corrected chi connectivity index (χ0v) is 12.0. The molecule has 0 spiro atoms. The van der Waals surface area contributed by atoms with Crippen molar-refractivity contribution in [3.63, 3.8) is 0 Å². The maximum atomic E-state index is 13.4. The Kier molecular flexibility index (Phi) is 5.00. The molecule has 0 bridgehead atoms. The van der Waals surface area contributed by atoms with Crippen molar-refractivity contribution in [3.8, 4) is 5.75 Å². The van der Waals surface area contributed by atoms with E-state index in [1.165, 1.54) is 0 Å². The Morgan fingerprint density at radius 3 is 2.30 bits per heavy atom. The third kappa shape index (κ3) is 4.09. The van der Waals surface area contributed by atoms with Crippen LogP contribution in [-0.4, -0.2) is 18.4 Å². The summed E-state index contributed by atoms with van der Waals surface area (Å²) in [5.74, 6) is -6.33. The first-order valence-corrected chi connectivity index (χ1v) is 6.57. The smallest absolute Gasteiger partial charge is 0.330 e. The summed E-state index contributed by atoms with van der Waals surface area (Å²) in [7, 11) is 0. The molecule has 120 valence electrons. The number of nitrogens with one attached hydrogen (secondary N) is 1. The third-order valence-corrected chi connectivity index (χ3v) is 2.93. The zero-order valence-electron chi connectivity index (χ0n) is 12.0. The molecule has 1 amide bonds. The standard InChI is InChI=1S/C16H12F3NO3/c1-9-2-4-10(5-3-9)23-13(21)8-20-16(22)11-6-7-12(17)15(19)14(11)18/h2-7H,8H2,1H3,(H,20,22). The highest BCUT2D eigenvalue weighted by molar-refractivity contribution is 5.96. The summed E-state index contributed by atoms with van der Waals surface area (Å²) in [6.07, 6.45) is 0. The normalized spacial score (nSPS) is 10.3. The minimum Gasteiger partial charge on any atom is -0.425 e. The fraction of sp³-hybridized carbons (Fsp3) is 0.125. The Morgan fingerprint density at radius 2 is 1.65 bits per heavy atom. The molecule has 0 aromatic heterocycles. The number of hydrogen-bond donors (Lipinski definition) is 1. The Bertz CT molecular complexity index is 745. The van der Waals surface area contributed by atoms with Crippen LogP contribution in [-0.2, 0) is 4.79 Å². The van der Waals surface area contributed by atoms with E-state index in [4.69, 9.17) is 4.74 Å². The number of halogens is 3. The molecule has 0 aliphatic heterocycles. The molecule has 0 saturated carbocycles. The molecule has 4 nitrogen and oxygen atoms in total. The molecule has 1 N–H and O–H groups in total. The van der Waals surface area contributed by atoms with E-state index >= 15 is 0 Å². The number of amides is 1. The van der Waals surface area contributed by atoms with E-state index in [2.05, 4.69) is 5.32 Å². The minimum absolute atomic E-state index is 0.286. The van der Waals surface area contributed by atoms with E-state index in [1.807, 2.05) is 6.92 Å². The van der Waals surface area contributed by atoms with Crippen LogP contribution >= 0.6 is 0 Å². The van der Waals surface area contributed by atoms with E-state index in [1.54, 1.807) is 24.3 Å². The summed E-state index contributed by atoms with van der Waals surface area (Å²) < 4.78 is 44.2. The molecule has 2 rings (SSSR count). The lowest BCUT2D eigenvalue weighted by molar-refractivity contribution is -0.133. The number of carbonyl (C=O) groups excluding carboxylic acids is 2. The van der Waals surface area contributed by atoms with Gasteiger partial charge in [-0.05, 0) is 31.2 Å².